The maximum absolute atomic E-state index is 14.5. The predicted molar refractivity (Wildman–Crippen MR) is 98.1 cm³/mol. The highest BCUT2D eigenvalue weighted by Gasteiger charge is 2.38. The highest BCUT2D eigenvalue weighted by molar-refractivity contribution is 5.60. The number of halogens is 3. The predicted octanol–water partition coefficient (Wildman–Crippen LogP) is 4.59. The highest BCUT2D eigenvalue weighted by atomic mass is 19.1. The van der Waals surface area contributed by atoms with Crippen molar-refractivity contribution < 1.29 is 17.9 Å². The average Bonchev–Trinajstić information content (AvgIpc) is 3.36. The molecule has 0 radical (unpaired) electrons. The number of hydrogen-bond donors (Lipinski definition) is 1. The number of nitrogens with zero attached hydrogens (tertiary/aromatic N) is 3. The summed E-state index contributed by atoms with van der Waals surface area (Å²) in [6.07, 6.45) is 1.80. The van der Waals surface area contributed by atoms with Crippen LogP contribution in [-0.2, 0) is 5.60 Å². The standard InChI is InChI=1S/C20H19F3N4O/c1-20(2,28-17-8-3-11(21)9-16(17)23)19-26-25-18(27(19)13-5-6-13)14-7-4-12(24)10-15(14)22/h3-4,7-10,13H,5-6,24H2,1-2H3. The smallest absolute Gasteiger partial charge is 0.177 e. The molecule has 0 saturated heterocycles. The number of aromatic nitrogens is 3. The monoisotopic (exact) mass is 388 g/mol. The lowest BCUT2D eigenvalue weighted by molar-refractivity contribution is 0.0880. The molecule has 1 heterocycles. The fourth-order valence-corrected chi connectivity index (χ4v) is 3.16. The van der Waals surface area contributed by atoms with Crippen molar-refractivity contribution in [2.75, 3.05) is 5.73 Å². The summed E-state index contributed by atoms with van der Waals surface area (Å²) in [4.78, 5) is 0. The molecule has 3 aromatic rings. The lowest BCUT2D eigenvalue weighted by Gasteiger charge is -2.26. The SMILES string of the molecule is CC(C)(Oc1ccc(F)cc1F)c1nnc(-c2ccc(N)cc2F)n1C1CC1. The summed E-state index contributed by atoms with van der Waals surface area (Å²) in [5.74, 6) is -1.29. The summed E-state index contributed by atoms with van der Waals surface area (Å²) in [6, 6.07) is 7.60. The number of anilines is 1. The van der Waals surface area contributed by atoms with E-state index in [0.717, 1.165) is 25.0 Å². The number of hydrogen-bond acceptors (Lipinski definition) is 4. The molecule has 0 aliphatic heterocycles. The van der Waals surface area contributed by atoms with Gasteiger partial charge >= 0.3 is 0 Å². The van der Waals surface area contributed by atoms with Crippen LogP contribution in [0.15, 0.2) is 36.4 Å². The summed E-state index contributed by atoms with van der Waals surface area (Å²) < 4.78 is 49.3. The van der Waals surface area contributed by atoms with Gasteiger partial charge in [-0.1, -0.05) is 0 Å². The molecule has 1 aliphatic carbocycles. The van der Waals surface area contributed by atoms with Gasteiger partial charge in [-0.3, -0.25) is 0 Å². The Morgan fingerprint density at radius 2 is 1.79 bits per heavy atom. The van der Waals surface area contributed by atoms with E-state index in [1.165, 1.54) is 12.1 Å². The molecule has 1 saturated carbocycles. The van der Waals surface area contributed by atoms with Gasteiger partial charge in [-0.15, -0.1) is 10.2 Å². The third-order valence-corrected chi connectivity index (χ3v) is 4.64. The second kappa shape index (κ2) is 6.54. The Bertz CT molecular complexity index is 1040. The molecule has 28 heavy (non-hydrogen) atoms. The van der Waals surface area contributed by atoms with Crippen LogP contribution in [0.25, 0.3) is 11.4 Å². The van der Waals surface area contributed by atoms with E-state index in [0.29, 0.717) is 17.3 Å². The fourth-order valence-electron chi connectivity index (χ4n) is 3.16. The Balaban J connectivity index is 1.76. The summed E-state index contributed by atoms with van der Waals surface area (Å²) >= 11 is 0. The molecule has 0 atom stereocenters. The van der Waals surface area contributed by atoms with Crippen LogP contribution < -0.4 is 10.5 Å². The number of rotatable bonds is 5. The number of nitrogen functional groups attached to an aromatic ring is 1. The van der Waals surface area contributed by atoms with E-state index in [2.05, 4.69) is 10.2 Å². The van der Waals surface area contributed by atoms with E-state index in [9.17, 15) is 13.2 Å². The molecule has 2 N–H and O–H groups in total. The largest absolute Gasteiger partial charge is 0.477 e. The average molecular weight is 388 g/mol. The molecule has 1 fully saturated rings. The topological polar surface area (TPSA) is 66.0 Å². The molecule has 1 aromatic heterocycles. The first-order chi connectivity index (χ1) is 13.3. The fraction of sp³-hybridized carbons (Fsp3) is 0.300. The van der Waals surface area contributed by atoms with E-state index in [4.69, 9.17) is 10.5 Å². The molecule has 0 unspecified atom stereocenters. The number of benzene rings is 2. The van der Waals surface area contributed by atoms with Crippen molar-refractivity contribution in [2.45, 2.75) is 38.3 Å². The van der Waals surface area contributed by atoms with Gasteiger partial charge in [-0.25, -0.2) is 13.2 Å². The first-order valence-corrected chi connectivity index (χ1v) is 8.91. The van der Waals surface area contributed by atoms with Gasteiger partial charge in [-0.2, -0.15) is 0 Å². The van der Waals surface area contributed by atoms with Crippen LogP contribution in [0.3, 0.4) is 0 Å². The van der Waals surface area contributed by atoms with Gasteiger partial charge in [0, 0.05) is 17.8 Å². The molecular formula is C20H19F3N4O. The van der Waals surface area contributed by atoms with E-state index in [-0.39, 0.29) is 17.4 Å². The van der Waals surface area contributed by atoms with Crippen LogP contribution in [0.2, 0.25) is 0 Å². The van der Waals surface area contributed by atoms with Crippen molar-refractivity contribution in [3.63, 3.8) is 0 Å². The summed E-state index contributed by atoms with van der Waals surface area (Å²) in [6.45, 7) is 3.42. The molecule has 1 aliphatic rings. The minimum absolute atomic E-state index is 0.100. The Kier molecular flexibility index (Phi) is 4.28. The van der Waals surface area contributed by atoms with Gasteiger partial charge in [0.1, 0.15) is 11.6 Å². The molecule has 0 bridgehead atoms. The molecule has 0 amide bonds. The maximum Gasteiger partial charge on any atom is 0.177 e. The third kappa shape index (κ3) is 3.30. The van der Waals surface area contributed by atoms with E-state index >= 15 is 0 Å². The third-order valence-electron chi connectivity index (χ3n) is 4.64. The summed E-state index contributed by atoms with van der Waals surface area (Å²) in [5, 5.41) is 8.41. The zero-order valence-electron chi connectivity index (χ0n) is 15.4. The van der Waals surface area contributed by atoms with Crippen LogP contribution in [0.4, 0.5) is 18.9 Å². The van der Waals surface area contributed by atoms with Crippen molar-refractivity contribution in [3.8, 4) is 17.1 Å². The van der Waals surface area contributed by atoms with Crippen molar-refractivity contribution in [3.05, 3.63) is 59.7 Å². The maximum atomic E-state index is 14.5. The van der Waals surface area contributed by atoms with E-state index < -0.39 is 23.1 Å². The number of ether oxygens (including phenoxy) is 1. The van der Waals surface area contributed by atoms with Crippen LogP contribution in [0.5, 0.6) is 5.75 Å². The lowest BCUT2D eigenvalue weighted by Crippen LogP contribution is -2.30. The summed E-state index contributed by atoms with van der Waals surface area (Å²) in [7, 11) is 0. The zero-order valence-corrected chi connectivity index (χ0v) is 15.4. The van der Waals surface area contributed by atoms with Gasteiger partial charge in [0.2, 0.25) is 0 Å². The molecule has 5 nitrogen and oxygen atoms in total. The normalized spacial score (nSPS) is 14.3. The van der Waals surface area contributed by atoms with Gasteiger partial charge in [0.05, 0.1) is 5.56 Å². The van der Waals surface area contributed by atoms with Crippen LogP contribution >= 0.6 is 0 Å². The second-order valence-electron chi connectivity index (χ2n) is 7.37. The zero-order chi connectivity index (χ0) is 20.1. The van der Waals surface area contributed by atoms with E-state index in [1.54, 1.807) is 26.0 Å². The van der Waals surface area contributed by atoms with Crippen molar-refractivity contribution in [1.29, 1.82) is 0 Å². The van der Waals surface area contributed by atoms with Crippen molar-refractivity contribution >= 4 is 5.69 Å². The molecule has 8 heteroatoms. The van der Waals surface area contributed by atoms with E-state index in [1.807, 2.05) is 4.57 Å². The number of nitrogens with two attached hydrogens (primary N) is 1. The molecule has 146 valence electrons. The minimum Gasteiger partial charge on any atom is -0.477 e. The van der Waals surface area contributed by atoms with Crippen LogP contribution in [0.1, 0.15) is 38.6 Å². The Hall–Kier alpha value is -3.03. The van der Waals surface area contributed by atoms with Gasteiger partial charge in [0.15, 0.2) is 28.8 Å². The first kappa shape index (κ1) is 18.3. The highest BCUT2D eigenvalue weighted by Crippen LogP contribution is 2.42. The molecule has 4 rings (SSSR count). The molecule has 2 aromatic carbocycles. The van der Waals surface area contributed by atoms with Crippen molar-refractivity contribution in [1.82, 2.24) is 14.8 Å². The Morgan fingerprint density at radius 1 is 1.04 bits per heavy atom. The lowest BCUT2D eigenvalue weighted by atomic mass is 10.1. The quantitative estimate of drug-likeness (QED) is 0.649. The summed E-state index contributed by atoms with van der Waals surface area (Å²) in [5.41, 5.74) is 5.14. The van der Waals surface area contributed by atoms with Gasteiger partial charge in [-0.05, 0) is 57.0 Å². The first-order valence-electron chi connectivity index (χ1n) is 8.91. The van der Waals surface area contributed by atoms with Gasteiger partial charge < -0.3 is 15.0 Å². The van der Waals surface area contributed by atoms with Crippen LogP contribution in [0, 0.1) is 17.5 Å². The Morgan fingerprint density at radius 3 is 2.43 bits per heavy atom. The Labute approximate surface area is 160 Å². The molecule has 0 spiro atoms. The minimum atomic E-state index is -1.09. The van der Waals surface area contributed by atoms with Gasteiger partial charge in [0.25, 0.3) is 0 Å². The molecular weight excluding hydrogens is 369 g/mol. The van der Waals surface area contributed by atoms with Crippen LogP contribution in [-0.4, -0.2) is 14.8 Å². The second-order valence-corrected chi connectivity index (χ2v) is 7.37. The van der Waals surface area contributed by atoms with Crippen molar-refractivity contribution in [2.24, 2.45) is 0 Å².